The number of nitrogens with two attached hydrogens (primary N) is 1. The molecule has 0 aliphatic rings. The molecule has 0 aliphatic heterocycles. The summed E-state index contributed by atoms with van der Waals surface area (Å²) in [6.45, 7) is 5.51. The summed E-state index contributed by atoms with van der Waals surface area (Å²) in [4.78, 5) is 0. The van der Waals surface area contributed by atoms with Gasteiger partial charge >= 0.3 is 66.7 Å². The third kappa shape index (κ3) is 2.42. The Labute approximate surface area is 67.5 Å². The minimum atomic E-state index is 0.788. The van der Waals surface area contributed by atoms with E-state index in [2.05, 4.69) is 6.58 Å². The van der Waals surface area contributed by atoms with Crippen LogP contribution >= 0.6 is 0 Å². The molecule has 0 fully saturated rings. The van der Waals surface area contributed by atoms with Crippen molar-refractivity contribution in [2.24, 2.45) is 0 Å². The molecule has 0 atom stereocenters. The molecule has 0 amide bonds. The van der Waals surface area contributed by atoms with E-state index < -0.39 is 0 Å². The van der Waals surface area contributed by atoms with Crippen LogP contribution in [0.5, 0.6) is 0 Å². The predicted molar refractivity (Wildman–Crippen MR) is 51.4 cm³/mol. The van der Waals surface area contributed by atoms with Crippen LogP contribution in [0.4, 0.5) is 5.69 Å². The number of hydrogen-bond acceptors (Lipinski definition) is 1. The molecule has 1 nitrogen and oxygen atoms in total. The van der Waals surface area contributed by atoms with E-state index in [0.717, 1.165) is 11.3 Å². The topological polar surface area (TPSA) is 26.0 Å². The molecule has 0 unspecified atom stereocenters. The van der Waals surface area contributed by atoms with Gasteiger partial charge in [-0.3, -0.25) is 0 Å². The summed E-state index contributed by atoms with van der Waals surface area (Å²) in [5.41, 5.74) is 7.46. The van der Waals surface area contributed by atoms with Crippen LogP contribution in [0.2, 0.25) is 0 Å². The zero-order valence-corrected chi connectivity index (χ0v) is 6.33. The van der Waals surface area contributed by atoms with Crippen molar-refractivity contribution in [3.8, 4) is 0 Å². The second-order valence-electron chi connectivity index (χ2n) is 2.26. The summed E-state index contributed by atoms with van der Waals surface area (Å²) in [7, 11) is 0. The van der Waals surface area contributed by atoms with E-state index in [1.165, 1.54) is 0 Å². The number of hydrogen-bond donors (Lipinski definition) is 1. The fourth-order valence-corrected chi connectivity index (χ4v) is 0.842. The van der Waals surface area contributed by atoms with E-state index in [0.29, 0.717) is 0 Å². The summed E-state index contributed by atoms with van der Waals surface area (Å²) in [5, 5.41) is 0. The van der Waals surface area contributed by atoms with E-state index in [1.54, 1.807) is 6.08 Å². The Balaban J connectivity index is 2.87. The van der Waals surface area contributed by atoms with Crippen LogP contribution in [0.1, 0.15) is 5.56 Å². The van der Waals surface area contributed by atoms with Crippen LogP contribution in [0.15, 0.2) is 36.7 Å². The molecule has 0 saturated heterocycles. The van der Waals surface area contributed by atoms with E-state index in [4.69, 9.17) is 5.73 Å². The molecule has 2 heteroatoms. The Morgan fingerprint density at radius 3 is 2.91 bits per heavy atom. The van der Waals surface area contributed by atoms with Gasteiger partial charge in [0.1, 0.15) is 0 Å². The van der Waals surface area contributed by atoms with Crippen LogP contribution in [-0.4, -0.2) is 6.91 Å². The van der Waals surface area contributed by atoms with Gasteiger partial charge in [-0.05, 0) is 0 Å². The van der Waals surface area contributed by atoms with Gasteiger partial charge in [-0.15, -0.1) is 0 Å². The Morgan fingerprint density at radius 1 is 1.45 bits per heavy atom. The van der Waals surface area contributed by atoms with Crippen LogP contribution in [0.25, 0.3) is 6.08 Å². The summed E-state index contributed by atoms with van der Waals surface area (Å²) in [5.74, 6) is 3.86. The Morgan fingerprint density at radius 2 is 2.27 bits per heavy atom. The Bertz CT molecular complexity index is 279. The minimum absolute atomic E-state index is 0.788. The van der Waals surface area contributed by atoms with Crippen molar-refractivity contribution < 1.29 is 0 Å². The van der Waals surface area contributed by atoms with Gasteiger partial charge in [0.05, 0.1) is 0 Å². The van der Waals surface area contributed by atoms with Crippen molar-refractivity contribution in [2.45, 2.75) is 0 Å². The number of anilines is 1. The van der Waals surface area contributed by atoms with Crippen LogP contribution in [0, 0.1) is 0 Å². The van der Waals surface area contributed by atoms with Crippen molar-refractivity contribution in [1.82, 2.24) is 0 Å². The quantitative estimate of drug-likeness (QED) is 0.627. The first-order chi connectivity index (χ1) is 5.33. The first kappa shape index (κ1) is 7.80. The maximum absolute atomic E-state index is 5.57. The third-order valence-electron chi connectivity index (χ3n) is 1.34. The number of rotatable bonds is 2. The van der Waals surface area contributed by atoms with E-state index in [-0.39, 0.29) is 0 Å². The van der Waals surface area contributed by atoms with Crippen LogP contribution < -0.4 is 5.73 Å². The normalized spacial score (nSPS) is 9.82. The molecule has 0 aromatic carbocycles. The molecule has 0 aliphatic carbocycles. The molecule has 1 rings (SSSR count). The molecule has 1 aromatic rings. The molecule has 11 heavy (non-hydrogen) atoms. The molecule has 1 heterocycles. The number of nitrogen functional groups attached to an aromatic ring is 1. The van der Waals surface area contributed by atoms with Gasteiger partial charge in [0.25, 0.3) is 0 Å². The van der Waals surface area contributed by atoms with Crippen molar-refractivity contribution >= 4 is 18.7 Å². The van der Waals surface area contributed by atoms with Gasteiger partial charge in [0.15, 0.2) is 0 Å². The summed E-state index contributed by atoms with van der Waals surface area (Å²) in [6.07, 6.45) is 5.58. The second kappa shape index (κ2) is 3.76. The molecular weight excluding hydrogens is 133 g/mol. The Hall–Kier alpha value is -1.31. The molecule has 1 aromatic heterocycles. The third-order valence-corrected chi connectivity index (χ3v) is 1.34. The number of allylic oxidation sites excluding steroid dienone is 2. The summed E-state index contributed by atoms with van der Waals surface area (Å²) >= 11 is 0. The average molecular weight is 143 g/mol. The molecule has 0 bridgehead atoms. The fourth-order valence-electron chi connectivity index (χ4n) is 0.842. The van der Waals surface area contributed by atoms with Gasteiger partial charge in [-0.1, -0.05) is 0 Å². The van der Waals surface area contributed by atoms with Gasteiger partial charge in [0, 0.05) is 0 Å². The SMILES string of the molecule is C=C/C=C/c1cbcc(N)c1. The van der Waals surface area contributed by atoms with Gasteiger partial charge in [0.2, 0.25) is 0 Å². The van der Waals surface area contributed by atoms with E-state index >= 15 is 0 Å². The van der Waals surface area contributed by atoms with E-state index in [9.17, 15) is 0 Å². The molecular formula is C9H10BN. The second-order valence-corrected chi connectivity index (χ2v) is 2.26. The van der Waals surface area contributed by atoms with Crippen molar-refractivity contribution in [2.75, 3.05) is 5.73 Å². The average Bonchev–Trinajstić information content (AvgIpc) is 2.01. The van der Waals surface area contributed by atoms with Crippen LogP contribution in [0.3, 0.4) is 0 Å². The zero-order chi connectivity index (χ0) is 8.10. The Kier molecular flexibility index (Phi) is 2.67. The molecule has 2 N–H and O–H groups in total. The zero-order valence-electron chi connectivity index (χ0n) is 6.33. The first-order valence-corrected chi connectivity index (χ1v) is 3.47. The van der Waals surface area contributed by atoms with Gasteiger partial charge in [-0.2, -0.15) is 0 Å². The molecule has 54 valence electrons. The summed E-state index contributed by atoms with van der Waals surface area (Å²) < 4.78 is 0. The molecule has 0 radical (unpaired) electrons. The maximum atomic E-state index is 5.57. The van der Waals surface area contributed by atoms with Crippen molar-refractivity contribution in [3.05, 3.63) is 42.3 Å². The fraction of sp³-hybridized carbons (Fsp3) is 0. The summed E-state index contributed by atoms with van der Waals surface area (Å²) in [6, 6.07) is 1.92. The molecule has 0 saturated carbocycles. The molecule has 0 spiro atoms. The van der Waals surface area contributed by atoms with Gasteiger partial charge < -0.3 is 0 Å². The van der Waals surface area contributed by atoms with E-state index in [1.807, 2.05) is 37.1 Å². The predicted octanol–water partition coefficient (Wildman–Crippen LogP) is 1.81. The standard InChI is InChI=1S/C9H10BN/c1-2-3-4-8-5-9(11)7-10-6-8/h2-7H,1,11H2/b4-3+. The monoisotopic (exact) mass is 143 g/mol. The van der Waals surface area contributed by atoms with Crippen molar-refractivity contribution in [1.29, 1.82) is 0 Å². The first-order valence-electron chi connectivity index (χ1n) is 3.47. The van der Waals surface area contributed by atoms with Gasteiger partial charge in [-0.25, -0.2) is 0 Å². The van der Waals surface area contributed by atoms with Crippen molar-refractivity contribution in [3.63, 3.8) is 0 Å². The van der Waals surface area contributed by atoms with Crippen LogP contribution in [-0.2, 0) is 0 Å².